The maximum absolute atomic E-state index is 12.8. The number of carbonyl (C=O) groups is 2. The molecule has 0 aliphatic rings. The van der Waals surface area contributed by atoms with Gasteiger partial charge in [0.1, 0.15) is 12.4 Å². The number of Topliss-reactive ketones (excluding diaryl/α,β-unsaturated/α-hetero) is 1. The highest BCUT2D eigenvalue weighted by atomic mass is 16.5. The van der Waals surface area contributed by atoms with Crippen molar-refractivity contribution in [1.29, 1.82) is 0 Å². The van der Waals surface area contributed by atoms with Gasteiger partial charge < -0.3 is 14.6 Å². The second-order valence-electron chi connectivity index (χ2n) is 5.13. The van der Waals surface area contributed by atoms with Crippen LogP contribution >= 0.6 is 0 Å². The number of rotatable bonds is 5. The largest absolute Gasteiger partial charge is 0.488 e. The Morgan fingerprint density at radius 3 is 2.67 bits per heavy atom. The minimum Gasteiger partial charge on any atom is -0.488 e. The van der Waals surface area contributed by atoms with E-state index >= 15 is 0 Å². The number of benzene rings is 2. The van der Waals surface area contributed by atoms with Gasteiger partial charge in [0, 0.05) is 33.9 Å². The lowest BCUT2D eigenvalue weighted by Crippen LogP contribution is -2.29. The molecule has 2 aromatic carbocycles. The first-order valence-electron chi connectivity index (χ1n) is 10.2. The molecule has 1 heterocycles. The molecule has 0 aliphatic heterocycles. The third-order valence-electron chi connectivity index (χ3n) is 3.55. The van der Waals surface area contributed by atoms with Crippen molar-refractivity contribution in [3.05, 3.63) is 65.9 Å². The van der Waals surface area contributed by atoms with Gasteiger partial charge >= 0.3 is 0 Å². The highest BCUT2D eigenvalue weighted by Crippen LogP contribution is 2.30. The molecule has 122 valence electrons. The van der Waals surface area contributed by atoms with E-state index in [-0.39, 0.29) is 22.5 Å². The number of carbonyl (C=O) groups excluding carboxylic acids is 2. The van der Waals surface area contributed by atoms with Crippen LogP contribution in [0.5, 0.6) is 5.75 Å². The number of amides is 1. The van der Waals surface area contributed by atoms with E-state index in [2.05, 4.69) is 4.98 Å². The van der Waals surface area contributed by atoms with Crippen LogP contribution in [0.15, 0.2) is 54.7 Å². The lowest BCUT2D eigenvalue weighted by molar-refractivity contribution is -0.124. The Balaban J connectivity index is 1.98. The Morgan fingerprint density at radius 1 is 1.12 bits per heavy atom. The Labute approximate surface area is 148 Å². The molecule has 1 aromatic heterocycles. The van der Waals surface area contributed by atoms with Crippen molar-refractivity contribution < 1.29 is 22.6 Å². The molecule has 0 aliphatic carbocycles. The molecule has 0 saturated heterocycles. The van der Waals surface area contributed by atoms with Crippen LogP contribution in [0.4, 0.5) is 0 Å². The normalized spacial score (nSPS) is 15.3. The average molecular weight is 328 g/mol. The van der Waals surface area contributed by atoms with Crippen molar-refractivity contribution in [2.45, 2.75) is 6.61 Å². The van der Waals surface area contributed by atoms with Crippen LogP contribution < -0.4 is 4.74 Å². The summed E-state index contributed by atoms with van der Waals surface area (Å²) in [4.78, 5) is 27.9. The van der Waals surface area contributed by atoms with Crippen LogP contribution in [0.25, 0.3) is 10.9 Å². The molecule has 0 unspecified atom stereocenters. The predicted molar refractivity (Wildman–Crippen MR) is 92.1 cm³/mol. The van der Waals surface area contributed by atoms with Gasteiger partial charge in [-0.25, -0.2) is 0 Å². The molecule has 3 rings (SSSR count). The number of aromatic nitrogens is 1. The number of fused-ring (bicyclic) bond motifs is 1. The number of aromatic amines is 1. The maximum Gasteiger partial charge on any atom is 0.294 e. The van der Waals surface area contributed by atoms with Crippen molar-refractivity contribution in [1.82, 2.24) is 9.88 Å². The minimum absolute atomic E-state index is 0.169. The van der Waals surface area contributed by atoms with Gasteiger partial charge in [-0.2, -0.15) is 0 Å². The Bertz CT molecular complexity index is 1060. The van der Waals surface area contributed by atoms with E-state index < -0.39 is 25.6 Å². The van der Waals surface area contributed by atoms with Crippen LogP contribution in [0, 0.1) is 0 Å². The van der Waals surface area contributed by atoms with Gasteiger partial charge in [0.2, 0.25) is 0 Å². The summed E-state index contributed by atoms with van der Waals surface area (Å²) in [7, 11) is 0. The SMILES string of the molecule is [2H]C([2H])([2H])N(C(=O)C(=O)c1c[nH]c2cccc(OCc3ccccc3)c12)C([2H])([2H])[2H]. The number of ketones is 1. The molecule has 1 amide bonds. The van der Waals surface area contributed by atoms with Crippen LogP contribution in [-0.2, 0) is 11.4 Å². The summed E-state index contributed by atoms with van der Waals surface area (Å²) in [6.45, 7) is -6.42. The van der Waals surface area contributed by atoms with Crippen molar-refractivity contribution >= 4 is 22.6 Å². The van der Waals surface area contributed by atoms with E-state index in [9.17, 15) is 9.59 Å². The highest BCUT2D eigenvalue weighted by Gasteiger charge is 2.23. The molecule has 5 heteroatoms. The van der Waals surface area contributed by atoms with Gasteiger partial charge in [0.25, 0.3) is 11.7 Å². The summed E-state index contributed by atoms with van der Waals surface area (Å²) in [5.41, 5.74) is 1.19. The molecule has 1 N–H and O–H groups in total. The fourth-order valence-electron chi connectivity index (χ4n) is 2.40. The van der Waals surface area contributed by atoms with Crippen LogP contribution in [0.1, 0.15) is 24.1 Å². The van der Waals surface area contributed by atoms with Gasteiger partial charge in [0.05, 0.1) is 10.9 Å². The van der Waals surface area contributed by atoms with Crippen LogP contribution in [0.3, 0.4) is 0 Å². The van der Waals surface area contributed by atoms with Gasteiger partial charge in [-0.3, -0.25) is 9.59 Å². The number of nitrogens with one attached hydrogen (secondary N) is 1. The highest BCUT2D eigenvalue weighted by molar-refractivity contribution is 6.45. The molecule has 0 saturated carbocycles. The first-order valence-corrected chi connectivity index (χ1v) is 7.16. The summed E-state index contributed by atoms with van der Waals surface area (Å²) in [5.74, 6) is -2.61. The summed E-state index contributed by atoms with van der Waals surface area (Å²) in [6.07, 6.45) is 1.23. The summed E-state index contributed by atoms with van der Waals surface area (Å²) in [5, 5.41) is 0.266. The molecule has 0 fully saturated rings. The molecular weight excluding hydrogens is 304 g/mol. The smallest absolute Gasteiger partial charge is 0.294 e. The third kappa shape index (κ3) is 3.01. The molecule has 0 spiro atoms. The lowest BCUT2D eigenvalue weighted by atomic mass is 10.1. The minimum atomic E-state index is -3.31. The van der Waals surface area contributed by atoms with E-state index in [0.29, 0.717) is 11.3 Å². The summed E-state index contributed by atoms with van der Waals surface area (Å²) >= 11 is 0. The van der Waals surface area contributed by atoms with Crippen LogP contribution in [0.2, 0.25) is 0 Å². The number of hydrogen-bond donors (Lipinski definition) is 1. The van der Waals surface area contributed by atoms with Crippen LogP contribution in [-0.4, -0.2) is 35.5 Å². The van der Waals surface area contributed by atoms with Gasteiger partial charge in [-0.15, -0.1) is 0 Å². The third-order valence-corrected chi connectivity index (χ3v) is 3.55. The number of nitrogens with zero attached hydrogens (tertiary/aromatic N) is 1. The number of likely N-dealkylation sites (N-methyl/N-ethyl adjacent to an activating group) is 1. The van der Waals surface area contributed by atoms with E-state index in [4.69, 9.17) is 13.0 Å². The topological polar surface area (TPSA) is 62.4 Å². The molecule has 3 aromatic rings. The Kier molecular flexibility index (Phi) is 2.72. The molecular formula is C19H18N2O3. The first-order chi connectivity index (χ1) is 14.0. The van der Waals surface area contributed by atoms with Gasteiger partial charge in [-0.05, 0) is 17.7 Å². The summed E-state index contributed by atoms with van der Waals surface area (Å²) < 4.78 is 49.9. The summed E-state index contributed by atoms with van der Waals surface area (Å²) in [6, 6.07) is 14.2. The zero-order valence-electron chi connectivity index (χ0n) is 18.6. The molecule has 5 nitrogen and oxygen atoms in total. The number of H-pyrrole nitrogens is 1. The first kappa shape index (κ1) is 9.93. The predicted octanol–water partition coefficient (Wildman–Crippen LogP) is 3.02. The van der Waals surface area contributed by atoms with E-state index in [0.717, 1.165) is 5.56 Å². The Morgan fingerprint density at radius 2 is 1.92 bits per heavy atom. The monoisotopic (exact) mass is 328 g/mol. The zero-order chi connectivity index (χ0) is 22.1. The standard InChI is InChI=1S/C19H18N2O3/c1-21(2)19(23)18(22)14-11-20-15-9-6-10-16(17(14)15)24-12-13-7-4-3-5-8-13/h3-11,20H,12H2,1-2H3/i1D3,2D3. The zero-order valence-corrected chi connectivity index (χ0v) is 12.6. The quantitative estimate of drug-likeness (QED) is 0.578. The van der Waals surface area contributed by atoms with Gasteiger partial charge in [-0.1, -0.05) is 36.4 Å². The molecule has 24 heavy (non-hydrogen) atoms. The number of hydrogen-bond acceptors (Lipinski definition) is 3. The fourth-order valence-corrected chi connectivity index (χ4v) is 2.40. The van der Waals surface area contributed by atoms with Crippen molar-refractivity contribution in [2.24, 2.45) is 0 Å². The molecule has 0 bridgehead atoms. The second kappa shape index (κ2) is 6.58. The van der Waals surface area contributed by atoms with Crippen molar-refractivity contribution in [2.75, 3.05) is 14.0 Å². The molecule has 0 atom stereocenters. The Hall–Kier alpha value is -3.08. The van der Waals surface area contributed by atoms with Gasteiger partial charge in [0.15, 0.2) is 0 Å². The lowest BCUT2D eigenvalue weighted by Gasteiger charge is -2.11. The molecule has 0 radical (unpaired) electrons. The van der Waals surface area contributed by atoms with E-state index in [1.165, 1.54) is 6.20 Å². The van der Waals surface area contributed by atoms with Crippen molar-refractivity contribution in [3.8, 4) is 5.75 Å². The number of ether oxygens (including phenoxy) is 1. The average Bonchev–Trinajstić information content (AvgIpc) is 3.09. The van der Waals surface area contributed by atoms with E-state index in [1.54, 1.807) is 18.2 Å². The fraction of sp³-hybridized carbons (Fsp3) is 0.158. The van der Waals surface area contributed by atoms with Crippen molar-refractivity contribution in [3.63, 3.8) is 0 Å². The second-order valence-corrected chi connectivity index (χ2v) is 5.13. The maximum atomic E-state index is 12.8. The van der Waals surface area contributed by atoms with E-state index in [1.807, 2.05) is 30.3 Å².